The van der Waals surface area contributed by atoms with Gasteiger partial charge >= 0.3 is 0 Å². The van der Waals surface area contributed by atoms with Gasteiger partial charge in [-0.2, -0.15) is 0 Å². The second-order valence-electron chi connectivity index (χ2n) is 9.42. The fourth-order valence-corrected chi connectivity index (χ4v) is 3.26. The molecule has 0 radical (unpaired) electrons. The summed E-state index contributed by atoms with van der Waals surface area (Å²) >= 11 is 0. The summed E-state index contributed by atoms with van der Waals surface area (Å²) in [6.45, 7) is 20.0. The van der Waals surface area contributed by atoms with Crippen molar-refractivity contribution in [2.75, 3.05) is 172 Å². The van der Waals surface area contributed by atoms with Gasteiger partial charge in [0.15, 0.2) is 0 Å². The zero-order valence-electron chi connectivity index (χ0n) is 28.1. The van der Waals surface area contributed by atoms with Gasteiger partial charge in [-0.1, -0.05) is 25.8 Å². The van der Waals surface area contributed by atoms with E-state index in [9.17, 15) is 0 Å². The van der Waals surface area contributed by atoms with Crippen molar-refractivity contribution >= 4 is 0 Å². The quantitative estimate of drug-likeness (QED) is 0.0708. The molecular weight excluding hydrogens is 592 g/mol. The van der Waals surface area contributed by atoms with Crippen LogP contribution in [0.15, 0.2) is 12.7 Å². The molecule has 0 unspecified atom stereocenters. The van der Waals surface area contributed by atoms with E-state index < -0.39 is 0 Å². The predicted octanol–water partition coefficient (Wildman–Crippen LogP) is 2.58. The van der Waals surface area contributed by atoms with E-state index >= 15 is 0 Å². The molecule has 0 aliphatic carbocycles. The molecule has 0 fully saturated rings. The van der Waals surface area contributed by atoms with Crippen LogP contribution in [0.1, 0.15) is 26.2 Å². The first-order valence-electron chi connectivity index (χ1n) is 16.5. The molecular formula is C32H64O13. The fraction of sp³-hybridized carbons (Fsp3) is 0.938. The Balaban J connectivity index is 3.03. The maximum absolute atomic E-state index is 5.48. The Morgan fingerprint density at radius 1 is 0.289 bits per heavy atom. The van der Waals surface area contributed by atoms with E-state index in [1.165, 1.54) is 12.8 Å². The summed E-state index contributed by atoms with van der Waals surface area (Å²) in [5.41, 5.74) is 0. The Kier molecular flexibility index (Phi) is 42.5. The molecule has 0 heterocycles. The molecule has 0 aromatic carbocycles. The van der Waals surface area contributed by atoms with Crippen molar-refractivity contribution in [1.29, 1.82) is 0 Å². The average Bonchev–Trinajstić information content (AvgIpc) is 3.05. The fourth-order valence-electron chi connectivity index (χ4n) is 3.26. The number of hydrogen-bond donors (Lipinski definition) is 0. The van der Waals surface area contributed by atoms with Crippen LogP contribution in [0.5, 0.6) is 0 Å². The van der Waals surface area contributed by atoms with Crippen LogP contribution in [0.2, 0.25) is 0 Å². The highest BCUT2D eigenvalue weighted by atomic mass is 16.6. The van der Waals surface area contributed by atoms with Crippen molar-refractivity contribution < 1.29 is 61.6 Å². The number of hydrogen-bond acceptors (Lipinski definition) is 13. The molecule has 0 saturated heterocycles. The smallest absolute Gasteiger partial charge is 0.0704 e. The number of rotatable bonds is 42. The lowest BCUT2D eigenvalue weighted by atomic mass is 10.3. The molecule has 0 spiro atoms. The first-order chi connectivity index (χ1) is 22.4. The van der Waals surface area contributed by atoms with Crippen LogP contribution in [-0.2, 0) is 61.6 Å². The highest BCUT2D eigenvalue weighted by Crippen LogP contribution is 1.94. The molecule has 0 aliphatic rings. The molecule has 0 aliphatic heterocycles. The first-order valence-corrected chi connectivity index (χ1v) is 16.5. The molecule has 270 valence electrons. The van der Waals surface area contributed by atoms with Crippen LogP contribution in [0, 0.1) is 0 Å². The maximum atomic E-state index is 5.48. The lowest BCUT2D eigenvalue weighted by Gasteiger charge is -2.09. The molecule has 0 bridgehead atoms. The molecule has 0 aromatic heterocycles. The van der Waals surface area contributed by atoms with Crippen molar-refractivity contribution in [3.05, 3.63) is 12.7 Å². The normalized spacial score (nSPS) is 11.5. The van der Waals surface area contributed by atoms with E-state index in [2.05, 4.69) is 13.5 Å². The van der Waals surface area contributed by atoms with Crippen LogP contribution in [0.3, 0.4) is 0 Å². The molecule has 0 rings (SSSR count). The highest BCUT2D eigenvalue weighted by Gasteiger charge is 1.97. The van der Waals surface area contributed by atoms with Gasteiger partial charge in [-0.05, 0) is 6.42 Å². The van der Waals surface area contributed by atoms with Crippen LogP contribution >= 0.6 is 0 Å². The van der Waals surface area contributed by atoms with Crippen molar-refractivity contribution in [1.82, 2.24) is 0 Å². The zero-order valence-corrected chi connectivity index (χ0v) is 28.1. The lowest BCUT2D eigenvalue weighted by Crippen LogP contribution is -2.15. The second-order valence-corrected chi connectivity index (χ2v) is 9.42. The van der Waals surface area contributed by atoms with Crippen molar-refractivity contribution in [2.45, 2.75) is 26.2 Å². The van der Waals surface area contributed by atoms with Gasteiger partial charge < -0.3 is 61.6 Å². The summed E-state index contributed by atoms with van der Waals surface area (Å²) in [6.07, 6.45) is 5.26. The minimum Gasteiger partial charge on any atom is -0.379 e. The summed E-state index contributed by atoms with van der Waals surface area (Å²) in [6, 6.07) is 0. The van der Waals surface area contributed by atoms with E-state index in [1.807, 2.05) is 0 Å². The monoisotopic (exact) mass is 656 g/mol. The lowest BCUT2D eigenvalue weighted by molar-refractivity contribution is -0.0289. The van der Waals surface area contributed by atoms with E-state index in [0.717, 1.165) is 13.0 Å². The Morgan fingerprint density at radius 3 is 0.689 bits per heavy atom. The summed E-state index contributed by atoms with van der Waals surface area (Å²) < 4.78 is 70.7. The first kappa shape index (κ1) is 44.2. The maximum Gasteiger partial charge on any atom is 0.0704 e. The van der Waals surface area contributed by atoms with Gasteiger partial charge in [0, 0.05) is 6.61 Å². The minimum absolute atomic E-state index is 0.513. The van der Waals surface area contributed by atoms with Crippen molar-refractivity contribution in [2.24, 2.45) is 0 Å². The third kappa shape index (κ3) is 43.2. The molecule has 0 atom stereocenters. The van der Waals surface area contributed by atoms with Gasteiger partial charge in [-0.25, -0.2) is 0 Å². The van der Waals surface area contributed by atoms with E-state index in [0.29, 0.717) is 165 Å². The topological polar surface area (TPSA) is 120 Å². The van der Waals surface area contributed by atoms with Crippen molar-refractivity contribution in [3.8, 4) is 0 Å². The highest BCUT2D eigenvalue weighted by molar-refractivity contribution is 4.63. The SMILES string of the molecule is C=CCOCCOCCOCCOCCOCCOCCOCCOCCOCCOCCOCCOCCOCCCCC. The van der Waals surface area contributed by atoms with Crippen LogP contribution in [-0.4, -0.2) is 172 Å². The Hall–Kier alpha value is -0.780. The molecule has 13 nitrogen and oxygen atoms in total. The van der Waals surface area contributed by atoms with E-state index in [4.69, 9.17) is 61.6 Å². The third-order valence-electron chi connectivity index (χ3n) is 5.59. The third-order valence-corrected chi connectivity index (χ3v) is 5.59. The van der Waals surface area contributed by atoms with Gasteiger partial charge in [0.2, 0.25) is 0 Å². The Bertz CT molecular complexity index is 531. The number of ether oxygens (including phenoxy) is 13. The predicted molar refractivity (Wildman–Crippen MR) is 170 cm³/mol. The summed E-state index contributed by atoms with van der Waals surface area (Å²) in [5.74, 6) is 0. The summed E-state index contributed by atoms with van der Waals surface area (Å²) in [7, 11) is 0. The van der Waals surface area contributed by atoms with Crippen LogP contribution < -0.4 is 0 Å². The Labute approximate surface area is 272 Å². The summed E-state index contributed by atoms with van der Waals surface area (Å²) in [5, 5.41) is 0. The standard InChI is InChI=1S/C32H64O13/c1-3-5-6-8-34-10-12-36-14-16-38-18-20-40-22-24-42-26-28-44-30-32-45-31-29-43-27-25-41-23-21-39-19-17-37-15-13-35-11-9-33-7-4-2/h4H,2-3,5-32H2,1H3. The molecule has 45 heavy (non-hydrogen) atoms. The van der Waals surface area contributed by atoms with Crippen LogP contribution in [0.4, 0.5) is 0 Å². The van der Waals surface area contributed by atoms with Gasteiger partial charge in [0.25, 0.3) is 0 Å². The minimum atomic E-state index is 0.513. The Morgan fingerprint density at radius 2 is 0.489 bits per heavy atom. The largest absolute Gasteiger partial charge is 0.379 e. The molecule has 0 aromatic rings. The van der Waals surface area contributed by atoms with Crippen LogP contribution in [0.25, 0.3) is 0 Å². The van der Waals surface area contributed by atoms with E-state index in [1.54, 1.807) is 6.08 Å². The van der Waals surface area contributed by atoms with E-state index in [-0.39, 0.29) is 0 Å². The zero-order chi connectivity index (χ0) is 32.4. The van der Waals surface area contributed by atoms with Gasteiger partial charge in [-0.15, -0.1) is 6.58 Å². The van der Waals surface area contributed by atoms with Gasteiger partial charge in [0.1, 0.15) is 0 Å². The molecule has 0 saturated carbocycles. The van der Waals surface area contributed by atoms with Crippen molar-refractivity contribution in [3.63, 3.8) is 0 Å². The second kappa shape index (κ2) is 43.2. The number of unbranched alkanes of at least 4 members (excludes halogenated alkanes) is 2. The van der Waals surface area contributed by atoms with Gasteiger partial charge in [0.05, 0.1) is 165 Å². The molecule has 0 N–H and O–H groups in total. The summed E-state index contributed by atoms with van der Waals surface area (Å²) in [4.78, 5) is 0. The molecule has 0 amide bonds. The van der Waals surface area contributed by atoms with Gasteiger partial charge in [-0.3, -0.25) is 0 Å². The molecule has 13 heteroatoms. The average molecular weight is 657 g/mol.